The fourth-order valence-corrected chi connectivity index (χ4v) is 1.67. The summed E-state index contributed by atoms with van der Waals surface area (Å²) in [5.41, 5.74) is 0.666. The molecule has 0 radical (unpaired) electrons. The molecule has 1 heterocycles. The first kappa shape index (κ1) is 6.08. The Morgan fingerprint density at radius 2 is 1.88 bits per heavy atom. The molecule has 0 aliphatic rings. The van der Waals surface area contributed by atoms with Crippen molar-refractivity contribution in [1.82, 2.24) is 0 Å². The molecule has 3 aromatic rings. The van der Waals surface area contributed by atoms with E-state index in [-0.39, 0.29) is 40.6 Å². The number of benzene rings is 2. The van der Waals surface area contributed by atoms with Gasteiger partial charge in [-0.2, -0.15) is 0 Å². The molecule has 0 unspecified atom stereocenters. The van der Waals surface area contributed by atoms with Gasteiger partial charge in [0.15, 0.2) is 0 Å². The van der Waals surface area contributed by atoms with Crippen molar-refractivity contribution in [3.05, 3.63) is 42.4 Å². The van der Waals surface area contributed by atoms with E-state index in [1.54, 1.807) is 0 Å². The fraction of sp³-hybridized carbons (Fsp3) is 0. The van der Waals surface area contributed by atoms with Gasteiger partial charge < -0.3 is 14.5 Å². The maximum Gasteiger partial charge on any atom is 0.488 e. The summed E-state index contributed by atoms with van der Waals surface area (Å²) < 4.78 is 36.5. The van der Waals surface area contributed by atoms with Gasteiger partial charge in [-0.25, -0.2) is 0 Å². The van der Waals surface area contributed by atoms with E-state index >= 15 is 0 Å². The second-order valence-electron chi connectivity index (χ2n) is 3.44. The maximum absolute atomic E-state index is 9.19. The predicted molar refractivity (Wildman–Crippen MR) is 63.5 cm³/mol. The SMILES string of the molecule is [2H]c1c([2H])c([2H])c2c(oc3ccc(B(O)O)cc32)c1[2H]. The Morgan fingerprint density at radius 3 is 2.69 bits per heavy atom. The van der Waals surface area contributed by atoms with Gasteiger partial charge in [0.1, 0.15) is 11.2 Å². The molecule has 4 heteroatoms. The van der Waals surface area contributed by atoms with Crippen LogP contribution in [-0.2, 0) is 0 Å². The normalized spacial score (nSPS) is 14.6. The summed E-state index contributed by atoms with van der Waals surface area (Å²) in [7, 11) is -1.65. The molecule has 0 aliphatic heterocycles. The number of furan rings is 1. The van der Waals surface area contributed by atoms with Crippen molar-refractivity contribution >= 4 is 34.5 Å². The summed E-state index contributed by atoms with van der Waals surface area (Å²) in [6.45, 7) is 0. The zero-order chi connectivity index (χ0) is 14.6. The number of hydrogen-bond acceptors (Lipinski definition) is 3. The monoisotopic (exact) mass is 216 g/mol. The van der Waals surface area contributed by atoms with E-state index in [2.05, 4.69) is 0 Å². The quantitative estimate of drug-likeness (QED) is 0.602. The van der Waals surface area contributed by atoms with E-state index < -0.39 is 7.12 Å². The molecule has 2 N–H and O–H groups in total. The third-order valence-electron chi connectivity index (χ3n) is 2.44. The Morgan fingerprint density at radius 1 is 1.06 bits per heavy atom. The third kappa shape index (κ3) is 1.32. The van der Waals surface area contributed by atoms with Crippen molar-refractivity contribution in [1.29, 1.82) is 0 Å². The number of rotatable bonds is 1. The summed E-state index contributed by atoms with van der Waals surface area (Å²) >= 11 is 0. The van der Waals surface area contributed by atoms with E-state index in [1.807, 2.05) is 0 Å². The second-order valence-corrected chi connectivity index (χ2v) is 3.44. The average molecular weight is 216 g/mol. The molecule has 0 bridgehead atoms. The van der Waals surface area contributed by atoms with Crippen LogP contribution in [0.2, 0.25) is 0 Å². The van der Waals surface area contributed by atoms with Crippen molar-refractivity contribution in [3.63, 3.8) is 0 Å². The number of para-hydroxylation sites is 1. The van der Waals surface area contributed by atoms with Gasteiger partial charge in [-0.1, -0.05) is 30.3 Å². The molecular weight excluding hydrogens is 203 g/mol. The molecule has 0 spiro atoms. The predicted octanol–water partition coefficient (Wildman–Crippen LogP) is 1.27. The zero-order valence-corrected chi connectivity index (χ0v) is 8.11. The van der Waals surface area contributed by atoms with Crippen LogP contribution in [0.3, 0.4) is 0 Å². The first-order valence-corrected chi connectivity index (χ1v) is 4.70. The first-order chi connectivity index (χ1) is 9.41. The number of fused-ring (bicyclic) bond motifs is 3. The lowest BCUT2D eigenvalue weighted by Gasteiger charge is -1.97. The van der Waals surface area contributed by atoms with E-state index in [0.717, 1.165) is 0 Å². The Bertz CT molecular complexity index is 844. The Labute approximate surface area is 97.7 Å². The number of hydrogen-bond donors (Lipinski definition) is 2. The highest BCUT2D eigenvalue weighted by molar-refractivity contribution is 6.59. The van der Waals surface area contributed by atoms with Crippen molar-refractivity contribution < 1.29 is 19.9 Å². The van der Waals surface area contributed by atoms with Crippen LogP contribution >= 0.6 is 0 Å². The average Bonchev–Trinajstić information content (AvgIpc) is 2.81. The topological polar surface area (TPSA) is 53.6 Å². The molecule has 0 aliphatic carbocycles. The molecular formula is C12H9BO3. The molecule has 16 heavy (non-hydrogen) atoms. The van der Waals surface area contributed by atoms with Gasteiger partial charge in [-0.05, 0) is 17.6 Å². The van der Waals surface area contributed by atoms with Crippen LogP contribution in [0.4, 0.5) is 0 Å². The van der Waals surface area contributed by atoms with Gasteiger partial charge in [0, 0.05) is 10.8 Å². The Kier molecular flexibility index (Phi) is 1.28. The van der Waals surface area contributed by atoms with Gasteiger partial charge >= 0.3 is 7.12 Å². The fourth-order valence-electron chi connectivity index (χ4n) is 1.67. The third-order valence-corrected chi connectivity index (χ3v) is 2.44. The van der Waals surface area contributed by atoms with Gasteiger partial charge in [-0.3, -0.25) is 0 Å². The lowest BCUT2D eigenvalue weighted by Crippen LogP contribution is -2.29. The highest BCUT2D eigenvalue weighted by atomic mass is 16.4. The van der Waals surface area contributed by atoms with Crippen LogP contribution in [0, 0.1) is 0 Å². The van der Waals surface area contributed by atoms with Crippen LogP contribution in [0.1, 0.15) is 5.48 Å². The standard InChI is InChI=1S/C12H9BO3/c14-13(15)8-5-6-12-10(7-8)9-3-1-2-4-11(9)16-12/h1-7,14-15H/i1D,2D,3D,4D. The van der Waals surface area contributed by atoms with Crippen LogP contribution in [-0.4, -0.2) is 17.2 Å². The molecule has 2 aromatic carbocycles. The van der Waals surface area contributed by atoms with Crippen molar-refractivity contribution in [2.45, 2.75) is 0 Å². The van der Waals surface area contributed by atoms with Crippen LogP contribution in [0.5, 0.6) is 0 Å². The first-order valence-electron chi connectivity index (χ1n) is 6.70. The molecule has 3 nitrogen and oxygen atoms in total. The Hall–Kier alpha value is -1.78. The maximum atomic E-state index is 9.19. The summed E-state index contributed by atoms with van der Waals surface area (Å²) in [5.74, 6) is 0. The van der Waals surface area contributed by atoms with Gasteiger partial charge in [0.2, 0.25) is 0 Å². The highest BCUT2D eigenvalue weighted by Gasteiger charge is 2.13. The molecule has 0 fully saturated rings. The molecule has 0 amide bonds. The molecule has 0 saturated heterocycles. The van der Waals surface area contributed by atoms with E-state index in [4.69, 9.17) is 9.90 Å². The summed E-state index contributed by atoms with van der Waals surface area (Å²) in [4.78, 5) is 0. The van der Waals surface area contributed by atoms with E-state index in [0.29, 0.717) is 11.0 Å². The minimum atomic E-state index is -1.65. The van der Waals surface area contributed by atoms with Crippen LogP contribution in [0.25, 0.3) is 21.9 Å². The molecule has 78 valence electrons. The molecule has 3 rings (SSSR count). The summed E-state index contributed by atoms with van der Waals surface area (Å²) in [5, 5.41) is 19.1. The zero-order valence-electron chi connectivity index (χ0n) is 12.1. The lowest BCUT2D eigenvalue weighted by atomic mass is 9.80. The Balaban J connectivity index is 2.52. The lowest BCUT2D eigenvalue weighted by molar-refractivity contribution is 0.426. The van der Waals surface area contributed by atoms with Gasteiger partial charge in [-0.15, -0.1) is 0 Å². The summed E-state index contributed by atoms with van der Waals surface area (Å²) in [6.07, 6.45) is 0. The largest absolute Gasteiger partial charge is 0.488 e. The second kappa shape index (κ2) is 3.37. The van der Waals surface area contributed by atoms with E-state index in [9.17, 15) is 10.0 Å². The minimum absolute atomic E-state index is 0.0654. The molecule has 0 saturated carbocycles. The minimum Gasteiger partial charge on any atom is -0.456 e. The van der Waals surface area contributed by atoms with Crippen molar-refractivity contribution in [2.24, 2.45) is 0 Å². The van der Waals surface area contributed by atoms with E-state index in [1.165, 1.54) is 18.2 Å². The van der Waals surface area contributed by atoms with Crippen molar-refractivity contribution in [3.8, 4) is 0 Å². The van der Waals surface area contributed by atoms with Crippen molar-refractivity contribution in [2.75, 3.05) is 0 Å². The molecule has 1 aromatic heterocycles. The van der Waals surface area contributed by atoms with Gasteiger partial charge in [0.25, 0.3) is 0 Å². The van der Waals surface area contributed by atoms with Gasteiger partial charge in [0.05, 0.1) is 5.48 Å². The van der Waals surface area contributed by atoms with Crippen LogP contribution in [0.15, 0.2) is 46.8 Å². The summed E-state index contributed by atoms with van der Waals surface area (Å²) in [6, 6.07) is 3.27. The highest BCUT2D eigenvalue weighted by Crippen LogP contribution is 2.27. The smallest absolute Gasteiger partial charge is 0.456 e. The van der Waals surface area contributed by atoms with Crippen LogP contribution < -0.4 is 5.46 Å². The molecule has 0 atom stereocenters.